The number of para-hydroxylation sites is 1. The van der Waals surface area contributed by atoms with Crippen LogP contribution in [-0.2, 0) is 4.79 Å². The van der Waals surface area contributed by atoms with E-state index in [1.54, 1.807) is 38.1 Å². The molecule has 6 nitrogen and oxygen atoms in total. The number of fused-ring (bicyclic) bond motifs is 1. The highest BCUT2D eigenvalue weighted by Crippen LogP contribution is 2.16. The Balaban J connectivity index is 2.40. The lowest BCUT2D eigenvalue weighted by atomic mass is 9.99. The second-order valence-corrected chi connectivity index (χ2v) is 5.50. The quantitative estimate of drug-likeness (QED) is 0.794. The second kappa shape index (κ2) is 5.40. The first-order valence-electron chi connectivity index (χ1n) is 6.45. The highest BCUT2D eigenvalue weighted by atomic mass is 16.4. The summed E-state index contributed by atoms with van der Waals surface area (Å²) in [4.78, 5) is 37.4. The molecule has 2 aromatic rings. The van der Waals surface area contributed by atoms with Gasteiger partial charge in [-0.2, -0.15) is 0 Å². The van der Waals surface area contributed by atoms with Crippen LogP contribution >= 0.6 is 0 Å². The first-order chi connectivity index (χ1) is 9.78. The molecule has 3 N–H and O–H groups in total. The maximum absolute atomic E-state index is 12.4. The molecule has 0 fully saturated rings. The SMILES string of the molecule is CC(C)(CC(=O)O)NC(=O)c1cc(=O)[nH]c2ccccc12. The smallest absolute Gasteiger partial charge is 0.305 e. The molecule has 0 radical (unpaired) electrons. The van der Waals surface area contributed by atoms with Gasteiger partial charge >= 0.3 is 5.97 Å². The monoisotopic (exact) mass is 288 g/mol. The van der Waals surface area contributed by atoms with E-state index in [0.717, 1.165) is 0 Å². The van der Waals surface area contributed by atoms with Gasteiger partial charge in [0, 0.05) is 22.5 Å². The number of aliphatic carboxylic acids is 1. The molecule has 0 spiro atoms. The van der Waals surface area contributed by atoms with E-state index in [1.165, 1.54) is 6.07 Å². The van der Waals surface area contributed by atoms with Crippen LogP contribution in [0.5, 0.6) is 0 Å². The van der Waals surface area contributed by atoms with E-state index >= 15 is 0 Å². The minimum Gasteiger partial charge on any atom is -0.481 e. The van der Waals surface area contributed by atoms with Crippen molar-refractivity contribution in [3.05, 3.63) is 46.2 Å². The van der Waals surface area contributed by atoms with Gasteiger partial charge in [0.15, 0.2) is 0 Å². The molecular formula is C15H16N2O4. The zero-order chi connectivity index (χ0) is 15.6. The number of amides is 1. The van der Waals surface area contributed by atoms with Crippen LogP contribution in [0, 0.1) is 0 Å². The molecule has 1 amide bonds. The fourth-order valence-electron chi connectivity index (χ4n) is 2.19. The Kier molecular flexibility index (Phi) is 3.80. The average molecular weight is 288 g/mol. The summed E-state index contributed by atoms with van der Waals surface area (Å²) in [6.45, 7) is 3.24. The maximum Gasteiger partial charge on any atom is 0.305 e. The van der Waals surface area contributed by atoms with Crippen molar-refractivity contribution >= 4 is 22.8 Å². The highest BCUT2D eigenvalue weighted by molar-refractivity contribution is 6.06. The molecule has 0 saturated heterocycles. The minimum atomic E-state index is -1.00. The van der Waals surface area contributed by atoms with Gasteiger partial charge in [0.2, 0.25) is 5.56 Å². The second-order valence-electron chi connectivity index (χ2n) is 5.50. The molecule has 0 bridgehead atoms. The lowest BCUT2D eigenvalue weighted by molar-refractivity contribution is -0.138. The highest BCUT2D eigenvalue weighted by Gasteiger charge is 2.25. The molecule has 1 heterocycles. The number of hydrogen-bond donors (Lipinski definition) is 3. The summed E-state index contributed by atoms with van der Waals surface area (Å²) in [5.74, 6) is -1.47. The first kappa shape index (κ1) is 14.8. The molecule has 0 aliphatic heterocycles. The number of hydrogen-bond acceptors (Lipinski definition) is 3. The third kappa shape index (κ3) is 3.47. The van der Waals surface area contributed by atoms with E-state index in [9.17, 15) is 14.4 Å². The number of carboxylic acid groups (broad SMARTS) is 1. The molecule has 0 unspecified atom stereocenters. The molecule has 1 aromatic carbocycles. The molecule has 2 rings (SSSR count). The van der Waals surface area contributed by atoms with E-state index in [4.69, 9.17) is 5.11 Å². The molecule has 0 atom stereocenters. The minimum absolute atomic E-state index is 0.208. The van der Waals surface area contributed by atoms with Gasteiger partial charge in [-0.3, -0.25) is 14.4 Å². The van der Waals surface area contributed by atoms with Crippen molar-refractivity contribution in [2.45, 2.75) is 25.8 Å². The van der Waals surface area contributed by atoms with Crippen molar-refractivity contribution in [3.63, 3.8) is 0 Å². The number of carboxylic acids is 1. The molecule has 1 aromatic heterocycles. The summed E-state index contributed by atoms with van der Waals surface area (Å²) in [6, 6.07) is 8.17. The van der Waals surface area contributed by atoms with Gasteiger partial charge in [-0.05, 0) is 19.9 Å². The normalized spacial score (nSPS) is 11.3. The van der Waals surface area contributed by atoms with Gasteiger partial charge in [-0.15, -0.1) is 0 Å². The Morgan fingerprint density at radius 3 is 2.62 bits per heavy atom. The summed E-state index contributed by atoms with van der Waals surface area (Å²) < 4.78 is 0. The Hall–Kier alpha value is -2.63. The van der Waals surface area contributed by atoms with E-state index in [-0.39, 0.29) is 17.5 Å². The largest absolute Gasteiger partial charge is 0.481 e. The van der Waals surface area contributed by atoms with Gasteiger partial charge in [-0.25, -0.2) is 0 Å². The Morgan fingerprint density at radius 1 is 1.29 bits per heavy atom. The van der Waals surface area contributed by atoms with Crippen LogP contribution in [0.15, 0.2) is 35.1 Å². The van der Waals surface area contributed by atoms with Crippen LogP contribution in [0.1, 0.15) is 30.6 Å². The number of H-pyrrole nitrogens is 1. The molecule has 0 aliphatic rings. The third-order valence-electron chi connectivity index (χ3n) is 3.04. The predicted molar refractivity (Wildman–Crippen MR) is 78.4 cm³/mol. The predicted octanol–water partition coefficient (Wildman–Crippen LogP) is 1.51. The number of nitrogens with one attached hydrogen (secondary N) is 2. The molecule has 21 heavy (non-hydrogen) atoms. The number of pyridine rings is 1. The van der Waals surface area contributed by atoms with Gasteiger partial charge in [0.05, 0.1) is 12.0 Å². The Bertz CT molecular complexity index is 762. The molecule has 6 heteroatoms. The van der Waals surface area contributed by atoms with E-state index in [2.05, 4.69) is 10.3 Å². The maximum atomic E-state index is 12.4. The Labute approximate surface area is 120 Å². The number of rotatable bonds is 4. The standard InChI is InChI=1S/C15H16N2O4/c1-15(2,8-13(19)20)17-14(21)10-7-12(18)16-11-6-4-3-5-9(10)11/h3-7H,8H2,1-2H3,(H,16,18)(H,17,21)(H,19,20). The third-order valence-corrected chi connectivity index (χ3v) is 3.04. The van der Waals surface area contributed by atoms with Crippen LogP contribution < -0.4 is 10.9 Å². The summed E-state index contributed by atoms with van der Waals surface area (Å²) in [5, 5.41) is 12.1. The average Bonchev–Trinajstić information content (AvgIpc) is 2.35. The number of carbonyl (C=O) groups excluding carboxylic acids is 1. The fraction of sp³-hybridized carbons (Fsp3) is 0.267. The number of aromatic amines is 1. The van der Waals surface area contributed by atoms with Crippen LogP contribution in [-0.4, -0.2) is 27.5 Å². The lowest BCUT2D eigenvalue weighted by Gasteiger charge is -2.24. The molecule has 110 valence electrons. The van der Waals surface area contributed by atoms with Crippen molar-refractivity contribution < 1.29 is 14.7 Å². The first-order valence-corrected chi connectivity index (χ1v) is 6.45. The summed E-state index contributed by atoms with van der Waals surface area (Å²) in [5.41, 5.74) is -0.499. The van der Waals surface area contributed by atoms with Crippen LogP contribution in [0.3, 0.4) is 0 Å². The van der Waals surface area contributed by atoms with Crippen molar-refractivity contribution in [1.29, 1.82) is 0 Å². The van der Waals surface area contributed by atoms with Gasteiger partial charge < -0.3 is 15.4 Å². The van der Waals surface area contributed by atoms with Crippen molar-refractivity contribution in [1.82, 2.24) is 10.3 Å². The zero-order valence-corrected chi connectivity index (χ0v) is 11.8. The van der Waals surface area contributed by atoms with Crippen molar-refractivity contribution in [3.8, 4) is 0 Å². The van der Waals surface area contributed by atoms with Gasteiger partial charge in [-0.1, -0.05) is 18.2 Å². The van der Waals surface area contributed by atoms with Crippen molar-refractivity contribution in [2.75, 3.05) is 0 Å². The molecule has 0 saturated carbocycles. The van der Waals surface area contributed by atoms with Gasteiger partial charge in [0.25, 0.3) is 5.91 Å². The summed E-state index contributed by atoms with van der Waals surface area (Å²) in [6.07, 6.45) is -0.208. The van der Waals surface area contributed by atoms with Crippen LogP contribution in [0.2, 0.25) is 0 Å². The van der Waals surface area contributed by atoms with Gasteiger partial charge in [0.1, 0.15) is 0 Å². The van der Waals surface area contributed by atoms with Crippen LogP contribution in [0.4, 0.5) is 0 Å². The Morgan fingerprint density at radius 2 is 1.95 bits per heavy atom. The number of benzene rings is 1. The molecular weight excluding hydrogens is 272 g/mol. The summed E-state index contributed by atoms with van der Waals surface area (Å²) >= 11 is 0. The number of carbonyl (C=O) groups is 2. The van der Waals surface area contributed by atoms with Crippen molar-refractivity contribution in [2.24, 2.45) is 0 Å². The lowest BCUT2D eigenvalue weighted by Crippen LogP contribution is -2.45. The van der Waals surface area contributed by atoms with E-state index in [1.807, 2.05) is 0 Å². The molecule has 0 aliphatic carbocycles. The fourth-order valence-corrected chi connectivity index (χ4v) is 2.19. The topological polar surface area (TPSA) is 99.3 Å². The van der Waals surface area contributed by atoms with Crippen LogP contribution in [0.25, 0.3) is 10.9 Å². The van der Waals surface area contributed by atoms with E-state index in [0.29, 0.717) is 10.9 Å². The van der Waals surface area contributed by atoms with E-state index < -0.39 is 17.4 Å². The zero-order valence-electron chi connectivity index (χ0n) is 11.8. The summed E-state index contributed by atoms with van der Waals surface area (Å²) in [7, 11) is 0. The number of aromatic nitrogens is 1.